The maximum atomic E-state index is 14.2. The number of hydrogen-bond acceptors (Lipinski definition) is 8. The van der Waals surface area contributed by atoms with Gasteiger partial charge in [-0.25, -0.2) is 19.2 Å². The molecule has 0 saturated heterocycles. The minimum atomic E-state index is -1.02. The van der Waals surface area contributed by atoms with Crippen LogP contribution in [0.15, 0.2) is 24.5 Å². The fourth-order valence-electron chi connectivity index (χ4n) is 4.44. The third-order valence-corrected chi connectivity index (χ3v) is 7.43. The molecule has 2 N–H and O–H groups in total. The smallest absolute Gasteiger partial charge is 0.488 e. The zero-order chi connectivity index (χ0) is 27.6. The Morgan fingerprint density at radius 3 is 2.58 bits per heavy atom. The Morgan fingerprint density at radius 1 is 1.21 bits per heavy atom. The lowest BCUT2D eigenvalue weighted by Crippen LogP contribution is -2.32. The zero-order valence-corrected chi connectivity index (χ0v) is 22.9. The van der Waals surface area contributed by atoms with Crippen LogP contribution in [0.25, 0.3) is 10.2 Å². The quantitative estimate of drug-likeness (QED) is 0.280. The maximum Gasteiger partial charge on any atom is 0.596 e. The lowest BCUT2D eigenvalue weighted by Gasteiger charge is -2.27. The van der Waals surface area contributed by atoms with E-state index in [9.17, 15) is 19.1 Å². The Morgan fingerprint density at radius 2 is 1.92 bits per heavy atom. The molecule has 1 amide bonds. The summed E-state index contributed by atoms with van der Waals surface area (Å²) in [7, 11) is 1.69. The molecule has 0 bridgehead atoms. The second kappa shape index (κ2) is 11.0. The molecule has 0 atom stereocenters. The summed E-state index contributed by atoms with van der Waals surface area (Å²) in [5, 5.41) is 13.3. The van der Waals surface area contributed by atoms with Crippen molar-refractivity contribution in [3.63, 3.8) is 0 Å². The van der Waals surface area contributed by atoms with E-state index in [0.717, 1.165) is 37.0 Å². The Kier molecular flexibility index (Phi) is 7.96. The summed E-state index contributed by atoms with van der Waals surface area (Å²) in [6, 6.07) is 4.24. The summed E-state index contributed by atoms with van der Waals surface area (Å²) in [5.74, 6) is -0.471. The fraction of sp³-hybridized carbons (Fsp3) is 0.444. The topological polar surface area (TPSA) is 114 Å². The lowest BCUT2D eigenvalue weighted by molar-refractivity contribution is -0.416. The molecule has 1 aliphatic rings. The molecule has 11 heteroatoms. The molecule has 4 rings (SSSR count). The number of fused-ring (bicyclic) bond motifs is 1. The van der Waals surface area contributed by atoms with E-state index in [1.807, 2.05) is 27.0 Å². The van der Waals surface area contributed by atoms with E-state index in [0.29, 0.717) is 33.0 Å². The number of carboxylic acid groups (broad SMARTS) is 1. The fourth-order valence-corrected chi connectivity index (χ4v) is 5.43. The molecule has 0 radical (unpaired) electrons. The third-order valence-electron chi connectivity index (χ3n) is 6.25. The normalized spacial score (nSPS) is 18.3. The number of ether oxygens (including phenoxy) is 2. The molecule has 3 aromatic rings. The van der Waals surface area contributed by atoms with Gasteiger partial charge >= 0.3 is 12.1 Å². The Balaban J connectivity index is 1.47. The van der Waals surface area contributed by atoms with E-state index in [1.165, 1.54) is 23.0 Å². The van der Waals surface area contributed by atoms with Crippen LogP contribution in [-0.2, 0) is 4.74 Å². The van der Waals surface area contributed by atoms with Gasteiger partial charge in [-0.2, -0.15) is 4.79 Å². The number of benzene rings is 1. The molecule has 0 unspecified atom stereocenters. The van der Waals surface area contributed by atoms with Gasteiger partial charge in [0, 0.05) is 12.0 Å². The van der Waals surface area contributed by atoms with E-state index >= 15 is 0 Å². The standard InChI is InChI=1S/C27H31FN4O5S/c1-15-21-23(29-14-30-24(21)38-22(15)25(33)34)31-19-11-8-17(28)12-20(19)36-18-9-6-16(7-10-18)13-32(5)26(35)37-27(2,3)4/h8,11-14,16,18H,6-7,9-10H2,1-5H3,(H-,29,30,31,33,34)/p+1. The first-order valence-corrected chi connectivity index (χ1v) is 13.2. The van der Waals surface area contributed by atoms with E-state index in [4.69, 9.17) is 9.47 Å². The molecular formula is C27H32FN4O5S+. The van der Waals surface area contributed by atoms with Crippen LogP contribution < -0.4 is 10.1 Å². The highest BCUT2D eigenvalue weighted by Gasteiger charge is 2.28. The van der Waals surface area contributed by atoms with Crippen molar-refractivity contribution >= 4 is 51.3 Å². The van der Waals surface area contributed by atoms with E-state index in [-0.39, 0.29) is 23.0 Å². The molecule has 1 saturated carbocycles. The number of halogens is 1. The van der Waals surface area contributed by atoms with Crippen molar-refractivity contribution in [1.29, 1.82) is 0 Å². The highest BCUT2D eigenvalue weighted by molar-refractivity contribution is 7.20. The maximum absolute atomic E-state index is 14.2. The van der Waals surface area contributed by atoms with Gasteiger partial charge in [0.25, 0.3) is 0 Å². The van der Waals surface area contributed by atoms with Crippen LogP contribution in [0.2, 0.25) is 0 Å². The number of nitrogens with one attached hydrogen (secondary N) is 1. The minimum Gasteiger partial charge on any atom is -0.488 e. The van der Waals surface area contributed by atoms with Crippen LogP contribution in [0, 0.1) is 18.7 Å². The van der Waals surface area contributed by atoms with Crippen LogP contribution >= 0.6 is 11.3 Å². The Bertz CT molecular complexity index is 1390. The molecule has 1 aliphatic carbocycles. The van der Waals surface area contributed by atoms with Gasteiger partial charge in [0.2, 0.25) is 0 Å². The summed E-state index contributed by atoms with van der Waals surface area (Å²) in [4.78, 5) is 33.1. The van der Waals surface area contributed by atoms with Gasteiger partial charge in [0.1, 0.15) is 46.1 Å². The number of aryl methyl sites for hydroxylation is 1. The summed E-state index contributed by atoms with van der Waals surface area (Å²) >= 11 is 1.08. The van der Waals surface area contributed by atoms with Crippen molar-refractivity contribution in [2.75, 3.05) is 12.4 Å². The van der Waals surface area contributed by atoms with Crippen molar-refractivity contribution in [3.05, 3.63) is 40.8 Å². The number of anilines is 2. The number of rotatable bonds is 6. The van der Waals surface area contributed by atoms with Crippen LogP contribution in [0.5, 0.6) is 5.75 Å². The van der Waals surface area contributed by atoms with Crippen LogP contribution in [0.1, 0.15) is 61.7 Å². The third kappa shape index (κ3) is 6.45. The second-order valence-corrected chi connectivity index (χ2v) is 11.4. The molecule has 0 spiro atoms. The van der Waals surface area contributed by atoms with E-state index < -0.39 is 17.4 Å². The van der Waals surface area contributed by atoms with Gasteiger partial charge in [0.05, 0.1) is 17.2 Å². The van der Waals surface area contributed by atoms with Gasteiger partial charge in [-0.1, -0.05) is 0 Å². The number of aromatic nitrogens is 2. The summed E-state index contributed by atoms with van der Waals surface area (Å²) < 4.78 is 27.3. The number of amides is 1. The van der Waals surface area contributed by atoms with Gasteiger partial charge in [-0.3, -0.25) is 0 Å². The predicted molar refractivity (Wildman–Crippen MR) is 144 cm³/mol. The molecular weight excluding hydrogens is 511 g/mol. The Hall–Kier alpha value is -3.60. The van der Waals surface area contributed by atoms with Crippen molar-refractivity contribution in [3.8, 4) is 5.75 Å². The van der Waals surface area contributed by atoms with E-state index in [2.05, 4.69) is 15.3 Å². The van der Waals surface area contributed by atoms with E-state index in [1.54, 1.807) is 20.0 Å². The molecule has 202 valence electrons. The number of carbonyl (C=O) groups excluding carboxylic acids is 1. The number of nitrogens with zero attached hydrogens (tertiary/aromatic N) is 3. The van der Waals surface area contributed by atoms with Crippen molar-refractivity contribution in [2.45, 2.75) is 65.1 Å². The van der Waals surface area contributed by atoms with Crippen LogP contribution in [0.3, 0.4) is 0 Å². The summed E-state index contributed by atoms with van der Waals surface area (Å²) in [6.07, 6.45) is 5.85. The highest BCUT2D eigenvalue weighted by atomic mass is 32.1. The first kappa shape index (κ1) is 27.4. The first-order valence-electron chi connectivity index (χ1n) is 12.4. The van der Waals surface area contributed by atoms with Crippen LogP contribution in [-0.4, -0.2) is 56.7 Å². The molecule has 1 aromatic carbocycles. The molecule has 2 heterocycles. The minimum absolute atomic E-state index is 0.124. The highest BCUT2D eigenvalue weighted by Crippen LogP contribution is 2.37. The van der Waals surface area contributed by atoms with Crippen molar-refractivity contribution in [2.24, 2.45) is 5.92 Å². The zero-order valence-electron chi connectivity index (χ0n) is 22.1. The number of hydrogen-bond donors (Lipinski definition) is 2. The molecule has 2 aromatic heterocycles. The molecule has 9 nitrogen and oxygen atoms in total. The monoisotopic (exact) mass is 543 g/mol. The Labute approximate surface area is 224 Å². The average molecular weight is 544 g/mol. The number of aromatic carboxylic acids is 1. The summed E-state index contributed by atoms with van der Waals surface area (Å²) in [6.45, 7) is 7.21. The summed E-state index contributed by atoms with van der Waals surface area (Å²) in [5.41, 5.74) is 0.530. The largest absolute Gasteiger partial charge is 0.596 e. The van der Waals surface area contributed by atoms with Gasteiger partial charge < -0.3 is 19.9 Å². The number of carbonyl (C=O) groups is 2. The first-order chi connectivity index (χ1) is 17.9. The molecule has 38 heavy (non-hydrogen) atoms. The van der Waals surface area contributed by atoms with Crippen molar-refractivity contribution < 1.29 is 33.1 Å². The number of thiophene rings is 1. The average Bonchev–Trinajstić information content (AvgIpc) is 3.18. The second-order valence-electron chi connectivity index (χ2n) is 10.4. The predicted octanol–water partition coefficient (Wildman–Crippen LogP) is 6.17. The van der Waals surface area contributed by atoms with Gasteiger partial charge in [-0.15, -0.1) is 15.9 Å². The van der Waals surface area contributed by atoms with Gasteiger partial charge in [0.15, 0.2) is 6.21 Å². The molecule has 0 aliphatic heterocycles. The van der Waals surface area contributed by atoms with Crippen LogP contribution in [0.4, 0.5) is 20.7 Å². The molecule has 1 fully saturated rings. The lowest BCUT2D eigenvalue weighted by atomic mass is 9.88. The van der Waals surface area contributed by atoms with Crippen molar-refractivity contribution in [1.82, 2.24) is 9.97 Å². The SMILES string of the molecule is Cc1c(C(=O)O)sc2ncnc(Nc3ccc(F)cc3OC3CCC(C=[N+](C)C(=O)OC(C)(C)C)CC3)c12. The number of carboxylic acids is 1. The van der Waals surface area contributed by atoms with Gasteiger partial charge in [-0.05, 0) is 71.1 Å².